The number of hydrogen-bond acceptors (Lipinski definition) is 6. The smallest absolute Gasteiger partial charge is 0.321 e. The van der Waals surface area contributed by atoms with Crippen LogP contribution >= 0.6 is 11.6 Å². The van der Waals surface area contributed by atoms with E-state index < -0.39 is 23.8 Å². The van der Waals surface area contributed by atoms with Crippen LogP contribution in [0.4, 0.5) is 0 Å². The maximum absolute atomic E-state index is 13.2. The molecule has 3 aromatic rings. The molecule has 38 heavy (non-hydrogen) atoms. The van der Waals surface area contributed by atoms with E-state index in [4.69, 9.17) is 21.3 Å². The molecule has 0 radical (unpaired) electrons. The molecule has 196 valence electrons. The number of guanidine groups is 1. The highest BCUT2D eigenvalue weighted by molar-refractivity contribution is 6.30. The number of nitrogens with one attached hydrogen (secondary N) is 1. The highest BCUT2D eigenvalue weighted by atomic mass is 35.5. The van der Waals surface area contributed by atoms with Crippen LogP contribution in [0.2, 0.25) is 5.02 Å². The van der Waals surface area contributed by atoms with Crippen molar-refractivity contribution in [3.8, 4) is 0 Å². The Morgan fingerprint density at radius 2 is 1.61 bits per heavy atom. The van der Waals surface area contributed by atoms with Gasteiger partial charge >= 0.3 is 5.97 Å². The molecule has 1 N–H and O–H groups in total. The predicted molar refractivity (Wildman–Crippen MR) is 148 cm³/mol. The molecule has 0 bridgehead atoms. The fourth-order valence-electron chi connectivity index (χ4n) is 5.23. The Hall–Kier alpha value is -3.68. The van der Waals surface area contributed by atoms with E-state index in [0.29, 0.717) is 29.6 Å². The van der Waals surface area contributed by atoms with Crippen molar-refractivity contribution in [3.05, 3.63) is 107 Å². The van der Waals surface area contributed by atoms with Crippen LogP contribution in [-0.4, -0.2) is 60.4 Å². The van der Waals surface area contributed by atoms with Crippen molar-refractivity contribution in [1.29, 1.82) is 0 Å². The first-order chi connectivity index (χ1) is 18.5. The summed E-state index contributed by atoms with van der Waals surface area (Å²) in [5.74, 6) is -1.58. The standard InChI is InChI=1S/C30H31ClN4O3/c1-2-38-29(37)25-26(23-14-9-15-24(31)20-23)32-30(33-28(25)36)35-18-16-34(17-19-35)27(21-10-5-3-6-11-21)22-12-7-4-8-13-22/h3-15,20,25-27H,2,16-19H2,1H3,(H,32,33,36)/t25-,26-/m1/s1. The third-order valence-electron chi connectivity index (χ3n) is 7.03. The summed E-state index contributed by atoms with van der Waals surface area (Å²) in [6.45, 7) is 4.84. The van der Waals surface area contributed by atoms with Crippen molar-refractivity contribution < 1.29 is 14.3 Å². The van der Waals surface area contributed by atoms with Crippen molar-refractivity contribution >= 4 is 29.4 Å². The zero-order chi connectivity index (χ0) is 26.5. The molecule has 2 atom stereocenters. The van der Waals surface area contributed by atoms with Gasteiger partial charge < -0.3 is 9.64 Å². The minimum atomic E-state index is -1.07. The molecule has 8 heteroatoms. The Kier molecular flexibility index (Phi) is 8.05. The van der Waals surface area contributed by atoms with E-state index in [1.165, 1.54) is 11.1 Å². The molecule has 5 rings (SSSR count). The third kappa shape index (κ3) is 5.59. The molecule has 2 heterocycles. The van der Waals surface area contributed by atoms with Gasteiger partial charge in [0.25, 0.3) is 0 Å². The maximum atomic E-state index is 13.2. The number of carbonyl (C=O) groups is 2. The molecule has 1 saturated heterocycles. The molecule has 7 nitrogen and oxygen atoms in total. The number of benzene rings is 3. The second-order valence-electron chi connectivity index (χ2n) is 9.42. The van der Waals surface area contributed by atoms with Crippen LogP contribution in [-0.2, 0) is 14.3 Å². The number of halogens is 1. The molecule has 1 fully saturated rings. The minimum Gasteiger partial charge on any atom is -0.465 e. The van der Waals surface area contributed by atoms with Gasteiger partial charge in [0.2, 0.25) is 11.9 Å². The average Bonchev–Trinajstić information content (AvgIpc) is 2.94. The monoisotopic (exact) mass is 530 g/mol. The van der Waals surface area contributed by atoms with E-state index in [2.05, 4.69) is 63.6 Å². The molecule has 2 aliphatic heterocycles. The van der Waals surface area contributed by atoms with Crippen molar-refractivity contribution in [3.63, 3.8) is 0 Å². The van der Waals surface area contributed by atoms with Crippen LogP contribution in [0.15, 0.2) is 89.9 Å². The topological polar surface area (TPSA) is 74.2 Å². The van der Waals surface area contributed by atoms with Gasteiger partial charge in [-0.25, -0.2) is 4.99 Å². The number of amides is 1. The van der Waals surface area contributed by atoms with Crippen LogP contribution in [0.25, 0.3) is 0 Å². The number of aliphatic imine (C=N–C) groups is 1. The lowest BCUT2D eigenvalue weighted by Crippen LogP contribution is -2.57. The quantitative estimate of drug-likeness (QED) is 0.376. The van der Waals surface area contributed by atoms with Crippen molar-refractivity contribution in [2.45, 2.75) is 19.0 Å². The van der Waals surface area contributed by atoms with Crippen LogP contribution in [0, 0.1) is 5.92 Å². The van der Waals surface area contributed by atoms with E-state index in [9.17, 15) is 9.59 Å². The summed E-state index contributed by atoms with van der Waals surface area (Å²) in [5.41, 5.74) is 3.19. The highest BCUT2D eigenvalue weighted by Crippen LogP contribution is 2.33. The minimum absolute atomic E-state index is 0.134. The van der Waals surface area contributed by atoms with Crippen LogP contribution < -0.4 is 5.32 Å². The van der Waals surface area contributed by atoms with Gasteiger partial charge in [-0.1, -0.05) is 84.4 Å². The molecule has 3 aromatic carbocycles. The van der Waals surface area contributed by atoms with Gasteiger partial charge in [-0.15, -0.1) is 0 Å². The summed E-state index contributed by atoms with van der Waals surface area (Å²) in [5, 5.41) is 3.40. The first kappa shape index (κ1) is 25.9. The number of esters is 1. The van der Waals surface area contributed by atoms with E-state index in [1.54, 1.807) is 25.1 Å². The van der Waals surface area contributed by atoms with E-state index in [1.807, 2.05) is 18.2 Å². The molecular weight excluding hydrogens is 500 g/mol. The van der Waals surface area contributed by atoms with Crippen molar-refractivity contribution in [2.24, 2.45) is 10.9 Å². The molecule has 0 aromatic heterocycles. The lowest BCUT2D eigenvalue weighted by Gasteiger charge is -2.42. The third-order valence-corrected chi connectivity index (χ3v) is 7.27. The Bertz CT molecular complexity index is 1250. The molecule has 0 saturated carbocycles. The zero-order valence-corrected chi connectivity index (χ0v) is 22.1. The van der Waals surface area contributed by atoms with Gasteiger partial charge in [0.15, 0.2) is 5.92 Å². The first-order valence-electron chi connectivity index (χ1n) is 12.9. The van der Waals surface area contributed by atoms with E-state index >= 15 is 0 Å². The SMILES string of the molecule is CCOC(=O)[C@H]1C(=O)NC(N2CCN(C(c3ccccc3)c3ccccc3)CC2)=N[C@@H]1c1cccc(Cl)c1. The normalized spacial score (nSPS) is 20.1. The Balaban J connectivity index is 1.38. The van der Waals surface area contributed by atoms with Gasteiger partial charge in [0.1, 0.15) is 6.04 Å². The predicted octanol–water partition coefficient (Wildman–Crippen LogP) is 4.45. The maximum Gasteiger partial charge on any atom is 0.321 e. The second-order valence-corrected chi connectivity index (χ2v) is 9.85. The molecular formula is C30H31ClN4O3. The first-order valence-corrected chi connectivity index (χ1v) is 13.3. The molecule has 0 aliphatic carbocycles. The van der Waals surface area contributed by atoms with Gasteiger partial charge in [0, 0.05) is 31.2 Å². The number of hydrogen-bond donors (Lipinski definition) is 1. The van der Waals surface area contributed by atoms with E-state index in [-0.39, 0.29) is 12.6 Å². The molecule has 1 amide bonds. The van der Waals surface area contributed by atoms with E-state index in [0.717, 1.165) is 13.1 Å². The zero-order valence-electron chi connectivity index (χ0n) is 21.3. The molecule has 2 aliphatic rings. The van der Waals surface area contributed by atoms with Gasteiger partial charge in [-0.05, 0) is 35.7 Å². The highest BCUT2D eigenvalue weighted by Gasteiger charge is 2.42. The van der Waals surface area contributed by atoms with Gasteiger partial charge in [0.05, 0.1) is 12.6 Å². The van der Waals surface area contributed by atoms with Crippen molar-refractivity contribution in [2.75, 3.05) is 32.8 Å². The number of carbonyl (C=O) groups excluding carboxylic acids is 2. The summed E-state index contributed by atoms with van der Waals surface area (Å²) in [4.78, 5) is 35.4. The van der Waals surface area contributed by atoms with Crippen LogP contribution in [0.5, 0.6) is 0 Å². The average molecular weight is 531 g/mol. The van der Waals surface area contributed by atoms with Crippen LogP contribution in [0.3, 0.4) is 0 Å². The number of rotatable bonds is 6. The molecule has 0 spiro atoms. The fourth-order valence-corrected chi connectivity index (χ4v) is 5.43. The summed E-state index contributed by atoms with van der Waals surface area (Å²) in [6.07, 6.45) is 0. The molecule has 0 unspecified atom stereocenters. The van der Waals surface area contributed by atoms with Crippen LogP contribution in [0.1, 0.15) is 35.7 Å². The van der Waals surface area contributed by atoms with Gasteiger partial charge in [-0.2, -0.15) is 0 Å². The summed E-state index contributed by atoms with van der Waals surface area (Å²) in [7, 11) is 0. The Labute approximate surface area is 228 Å². The largest absolute Gasteiger partial charge is 0.465 e. The lowest BCUT2D eigenvalue weighted by molar-refractivity contribution is -0.153. The lowest BCUT2D eigenvalue weighted by atomic mass is 9.91. The Morgan fingerprint density at radius 3 is 2.18 bits per heavy atom. The number of nitrogens with zero attached hydrogens (tertiary/aromatic N) is 3. The summed E-state index contributed by atoms with van der Waals surface area (Å²) in [6, 6.07) is 27.6. The fraction of sp³-hybridized carbons (Fsp3) is 0.300. The number of ether oxygens (including phenoxy) is 1. The van der Waals surface area contributed by atoms with Crippen molar-refractivity contribution in [1.82, 2.24) is 15.1 Å². The number of piperazine rings is 1. The summed E-state index contributed by atoms with van der Waals surface area (Å²) >= 11 is 6.24. The van der Waals surface area contributed by atoms with Gasteiger partial charge in [-0.3, -0.25) is 19.8 Å². The summed E-state index contributed by atoms with van der Waals surface area (Å²) < 4.78 is 5.22. The Morgan fingerprint density at radius 1 is 0.974 bits per heavy atom. The second kappa shape index (κ2) is 11.8.